The van der Waals surface area contributed by atoms with Crippen molar-refractivity contribution in [2.45, 2.75) is 0 Å². The topological polar surface area (TPSA) is 12.9 Å². The summed E-state index contributed by atoms with van der Waals surface area (Å²) < 4.78 is 0. The van der Waals surface area contributed by atoms with Crippen molar-refractivity contribution in [3.63, 3.8) is 0 Å². The first kappa shape index (κ1) is 18.5. The van der Waals surface area contributed by atoms with E-state index in [4.69, 9.17) is 4.98 Å². The third kappa shape index (κ3) is 2.92. The number of aromatic nitrogens is 1. The molecule has 6 aromatic rings. The molecule has 31 heavy (non-hydrogen) atoms. The van der Waals surface area contributed by atoms with Gasteiger partial charge < -0.3 is 0 Å². The highest BCUT2D eigenvalue weighted by Crippen LogP contribution is 2.39. The zero-order valence-electron chi connectivity index (χ0n) is 17.6. The Morgan fingerprint density at radius 3 is 1.55 bits per heavy atom. The molecule has 0 atom stereocenters. The molecule has 0 saturated carbocycles. The van der Waals surface area contributed by atoms with Crippen molar-refractivity contribution in [1.82, 2.24) is 4.98 Å². The Hall–Kier alpha value is -3.28. The van der Waals surface area contributed by atoms with Gasteiger partial charge in [0, 0.05) is 27.1 Å². The van der Waals surface area contributed by atoms with E-state index in [0.717, 1.165) is 11.0 Å². The fourth-order valence-electron chi connectivity index (χ4n) is 4.65. The minimum absolute atomic E-state index is 0.105. The molecule has 1 heterocycles. The van der Waals surface area contributed by atoms with Crippen LogP contribution in [0.5, 0.6) is 0 Å². The Kier molecular flexibility index (Phi) is 4.26. The van der Waals surface area contributed by atoms with Gasteiger partial charge in [0.15, 0.2) is 0 Å². The number of nitrogens with zero attached hydrogens (tertiary/aromatic N) is 1. The summed E-state index contributed by atoms with van der Waals surface area (Å²) in [4.78, 5) is 5.27. The number of hydrogen-bond acceptors (Lipinski definition) is 1. The summed E-state index contributed by atoms with van der Waals surface area (Å²) in [7, 11) is -0.105. The molecule has 0 aliphatic rings. The van der Waals surface area contributed by atoms with Gasteiger partial charge in [0.25, 0.3) is 0 Å². The van der Waals surface area contributed by atoms with E-state index in [1.54, 1.807) is 0 Å². The molecule has 0 spiro atoms. The predicted octanol–water partition coefficient (Wildman–Crippen LogP) is 7.73. The highest BCUT2D eigenvalue weighted by Gasteiger charge is 2.15. The highest BCUT2D eigenvalue weighted by molar-refractivity contribution is 7.64. The van der Waals surface area contributed by atoms with Crippen molar-refractivity contribution in [2.24, 2.45) is 0 Å². The largest absolute Gasteiger partial charge is 0.246 e. The van der Waals surface area contributed by atoms with Gasteiger partial charge in [-0.2, -0.15) is 0 Å². The van der Waals surface area contributed by atoms with E-state index in [1.807, 2.05) is 0 Å². The number of pyridine rings is 1. The Bertz CT molecular complexity index is 1500. The normalized spacial score (nSPS) is 11.8. The van der Waals surface area contributed by atoms with Gasteiger partial charge in [-0.3, -0.25) is 0 Å². The lowest BCUT2D eigenvalue weighted by Crippen LogP contribution is -1.98. The fourth-order valence-corrected chi connectivity index (χ4v) is 5.39. The molecule has 6 rings (SSSR count). The molecule has 0 unspecified atom stereocenters. The van der Waals surface area contributed by atoms with Gasteiger partial charge in [0.05, 0.1) is 11.0 Å². The molecule has 0 aliphatic carbocycles. The Morgan fingerprint density at radius 2 is 1.03 bits per heavy atom. The summed E-state index contributed by atoms with van der Waals surface area (Å²) in [5.74, 6) is 0. The van der Waals surface area contributed by atoms with Crippen LogP contribution in [0, 0.1) is 0 Å². The first-order chi connectivity index (χ1) is 15.2. The smallest absolute Gasteiger partial charge is 0.0794 e. The number of hydrogen-bond donors (Lipinski definition) is 0. The summed E-state index contributed by atoms with van der Waals surface area (Å²) in [5, 5.41) is 8.72. The lowest BCUT2D eigenvalue weighted by molar-refractivity contribution is 1.53. The van der Waals surface area contributed by atoms with Crippen molar-refractivity contribution in [2.75, 3.05) is 13.3 Å². The quantitative estimate of drug-likeness (QED) is 0.160. The van der Waals surface area contributed by atoms with E-state index >= 15 is 0 Å². The van der Waals surface area contributed by atoms with Crippen LogP contribution in [0.15, 0.2) is 97.1 Å². The van der Waals surface area contributed by atoms with Crippen molar-refractivity contribution in [1.29, 1.82) is 0 Å². The van der Waals surface area contributed by atoms with Crippen molar-refractivity contribution in [3.05, 3.63) is 97.1 Å². The van der Waals surface area contributed by atoms with Gasteiger partial charge >= 0.3 is 0 Å². The van der Waals surface area contributed by atoms with Gasteiger partial charge in [-0.15, -0.1) is 0 Å². The fraction of sp³-hybridized carbons (Fsp3) is 0.0690. The molecule has 0 bridgehead atoms. The molecule has 0 radical (unpaired) electrons. The van der Waals surface area contributed by atoms with Crippen molar-refractivity contribution in [3.8, 4) is 11.1 Å². The molecule has 0 saturated heterocycles. The van der Waals surface area contributed by atoms with E-state index in [1.165, 1.54) is 48.7 Å². The number of benzene rings is 5. The average molecular weight is 415 g/mol. The average Bonchev–Trinajstić information content (AvgIpc) is 2.82. The van der Waals surface area contributed by atoms with Gasteiger partial charge in [0.2, 0.25) is 0 Å². The Labute approximate surface area is 183 Å². The van der Waals surface area contributed by atoms with E-state index in [-0.39, 0.29) is 7.92 Å². The summed E-state index contributed by atoms with van der Waals surface area (Å²) in [6.45, 7) is 4.61. The lowest BCUT2D eigenvalue weighted by Gasteiger charge is -2.15. The summed E-state index contributed by atoms with van der Waals surface area (Å²) >= 11 is 0. The monoisotopic (exact) mass is 415 g/mol. The molecule has 0 amide bonds. The maximum absolute atomic E-state index is 5.27. The van der Waals surface area contributed by atoms with Crippen LogP contribution in [-0.4, -0.2) is 18.3 Å². The molecule has 0 aliphatic heterocycles. The molecule has 1 aromatic heterocycles. The van der Waals surface area contributed by atoms with Crippen LogP contribution in [0.25, 0.3) is 54.5 Å². The molecule has 0 fully saturated rings. The zero-order valence-corrected chi connectivity index (χ0v) is 18.5. The van der Waals surface area contributed by atoms with E-state index in [2.05, 4.69) is 110 Å². The molecule has 0 N–H and O–H groups in total. The van der Waals surface area contributed by atoms with E-state index < -0.39 is 0 Å². The standard InChI is InChI=1S/C29H22NP/c1-31(2)22-15-11-21(12-16-22)27-25-17-13-19-7-3-5-9-23(19)28(25)30-29-24-10-6-4-8-20(24)14-18-26(27)29/h3-18H,1-2H3. The number of fused-ring (bicyclic) bond motifs is 6. The van der Waals surface area contributed by atoms with E-state index in [0.29, 0.717) is 0 Å². The van der Waals surface area contributed by atoms with Crippen LogP contribution in [0.3, 0.4) is 0 Å². The second-order valence-corrected chi connectivity index (χ2v) is 10.6. The third-order valence-corrected chi connectivity index (χ3v) is 7.57. The Morgan fingerprint density at radius 1 is 0.516 bits per heavy atom. The molecular formula is C29H22NP. The minimum atomic E-state index is -0.105. The summed E-state index contributed by atoms with van der Waals surface area (Å²) in [6.07, 6.45) is 0. The van der Waals surface area contributed by atoms with Gasteiger partial charge in [-0.05, 0) is 35.0 Å². The van der Waals surface area contributed by atoms with Crippen molar-refractivity contribution < 1.29 is 0 Å². The van der Waals surface area contributed by atoms with Gasteiger partial charge in [-0.1, -0.05) is 105 Å². The first-order valence-electron chi connectivity index (χ1n) is 10.6. The second kappa shape index (κ2) is 7.15. The predicted molar refractivity (Wildman–Crippen MR) is 138 cm³/mol. The maximum atomic E-state index is 5.27. The van der Waals surface area contributed by atoms with Crippen LogP contribution in [0.2, 0.25) is 0 Å². The van der Waals surface area contributed by atoms with Crippen LogP contribution in [0.4, 0.5) is 0 Å². The van der Waals surface area contributed by atoms with E-state index in [9.17, 15) is 0 Å². The first-order valence-corrected chi connectivity index (χ1v) is 12.8. The summed E-state index contributed by atoms with van der Waals surface area (Å²) in [6, 6.07) is 35.2. The number of rotatable bonds is 2. The van der Waals surface area contributed by atoms with Crippen LogP contribution < -0.4 is 5.30 Å². The SMILES string of the molecule is CP(C)c1ccc(-c2c3ccc4ccccc4c3nc3c2ccc2ccccc23)cc1. The second-order valence-electron chi connectivity index (χ2n) is 8.29. The molecule has 5 aromatic carbocycles. The maximum Gasteiger partial charge on any atom is 0.0794 e. The van der Waals surface area contributed by atoms with Crippen LogP contribution in [-0.2, 0) is 0 Å². The minimum Gasteiger partial charge on any atom is -0.246 e. The van der Waals surface area contributed by atoms with Crippen molar-refractivity contribution >= 4 is 56.6 Å². The van der Waals surface area contributed by atoms with Crippen LogP contribution >= 0.6 is 7.92 Å². The lowest BCUT2D eigenvalue weighted by atomic mass is 9.92. The molecule has 2 heteroatoms. The Balaban J connectivity index is 1.81. The highest BCUT2D eigenvalue weighted by atomic mass is 31.1. The summed E-state index contributed by atoms with van der Waals surface area (Å²) in [5.41, 5.74) is 4.69. The third-order valence-electron chi connectivity index (χ3n) is 6.24. The van der Waals surface area contributed by atoms with Gasteiger partial charge in [-0.25, -0.2) is 4.98 Å². The molecular weight excluding hydrogens is 393 g/mol. The zero-order chi connectivity index (χ0) is 20.9. The van der Waals surface area contributed by atoms with Gasteiger partial charge in [0.1, 0.15) is 0 Å². The molecule has 148 valence electrons. The van der Waals surface area contributed by atoms with Crippen LogP contribution in [0.1, 0.15) is 0 Å². The molecule has 1 nitrogen and oxygen atoms in total.